The molecule has 138 valence electrons. The number of unbranched alkanes of at least 4 members (excludes halogenated alkanes) is 9. The van der Waals surface area contributed by atoms with E-state index in [1.165, 1.54) is 70.6 Å². The Bertz CT molecular complexity index is 253. The fourth-order valence-corrected chi connectivity index (χ4v) is 3.29. The Hall–Kier alpha value is -0.120. The topological polar surface area (TPSA) is 49.7 Å². The number of aliphatic hydroxyl groups excluding tert-OH is 2. The van der Waals surface area contributed by atoms with E-state index in [2.05, 4.69) is 6.92 Å². The van der Waals surface area contributed by atoms with Gasteiger partial charge in [0.15, 0.2) is 0 Å². The quantitative estimate of drug-likeness (QED) is 0.393. The summed E-state index contributed by atoms with van der Waals surface area (Å²) in [5.41, 5.74) is 0. The summed E-state index contributed by atoms with van der Waals surface area (Å²) in [6, 6.07) is 0. The molecule has 1 saturated heterocycles. The van der Waals surface area contributed by atoms with E-state index in [1.807, 2.05) is 0 Å². The summed E-state index contributed by atoms with van der Waals surface area (Å²) in [5.74, 6) is 0. The van der Waals surface area contributed by atoms with Crippen LogP contribution < -0.4 is 0 Å². The van der Waals surface area contributed by atoms with Crippen LogP contribution in [0.1, 0.15) is 103 Å². The highest BCUT2D eigenvalue weighted by Gasteiger charge is 2.17. The van der Waals surface area contributed by atoms with Crippen LogP contribution in [0.15, 0.2) is 0 Å². The van der Waals surface area contributed by atoms with E-state index in [0.29, 0.717) is 6.10 Å². The molecule has 0 spiro atoms. The number of rotatable bonds is 16. The van der Waals surface area contributed by atoms with Crippen molar-refractivity contribution in [2.24, 2.45) is 0 Å². The lowest BCUT2D eigenvalue weighted by Crippen LogP contribution is -2.26. The van der Waals surface area contributed by atoms with Gasteiger partial charge in [-0.2, -0.15) is 0 Å². The molecule has 1 rings (SSSR count). The van der Waals surface area contributed by atoms with Crippen LogP contribution in [-0.2, 0) is 4.74 Å². The van der Waals surface area contributed by atoms with Gasteiger partial charge in [0.25, 0.3) is 0 Å². The molecule has 3 nitrogen and oxygen atoms in total. The van der Waals surface area contributed by atoms with Crippen LogP contribution in [0.3, 0.4) is 0 Å². The fraction of sp³-hybridized carbons (Fsp3) is 1.00. The largest absolute Gasteiger partial charge is 0.390 e. The Balaban J connectivity index is 1.82. The molecule has 1 fully saturated rings. The van der Waals surface area contributed by atoms with Crippen LogP contribution in [0.5, 0.6) is 0 Å². The van der Waals surface area contributed by atoms with Gasteiger partial charge in [-0.15, -0.1) is 0 Å². The van der Waals surface area contributed by atoms with Crippen molar-refractivity contribution in [1.29, 1.82) is 0 Å². The zero-order chi connectivity index (χ0) is 16.8. The zero-order valence-corrected chi connectivity index (χ0v) is 15.3. The van der Waals surface area contributed by atoms with E-state index in [9.17, 15) is 10.2 Å². The highest BCUT2D eigenvalue weighted by atomic mass is 16.5. The van der Waals surface area contributed by atoms with Crippen LogP contribution in [0, 0.1) is 0 Å². The maximum Gasteiger partial charge on any atom is 0.0799 e. The third-order valence-electron chi connectivity index (χ3n) is 5.12. The molecule has 0 aromatic carbocycles. The number of aliphatic hydroxyl groups is 2. The highest BCUT2D eigenvalue weighted by molar-refractivity contribution is 4.68. The van der Waals surface area contributed by atoms with Gasteiger partial charge in [0.1, 0.15) is 0 Å². The predicted octanol–water partition coefficient (Wildman–Crippen LogP) is 4.98. The zero-order valence-electron chi connectivity index (χ0n) is 15.3. The van der Waals surface area contributed by atoms with Crippen molar-refractivity contribution in [3.63, 3.8) is 0 Å². The maximum atomic E-state index is 10.0. The van der Waals surface area contributed by atoms with Gasteiger partial charge in [0, 0.05) is 6.61 Å². The maximum absolute atomic E-state index is 10.0. The van der Waals surface area contributed by atoms with Crippen molar-refractivity contribution in [2.45, 2.75) is 122 Å². The van der Waals surface area contributed by atoms with Gasteiger partial charge in [-0.05, 0) is 25.7 Å². The Labute approximate surface area is 143 Å². The second-order valence-corrected chi connectivity index (χ2v) is 7.32. The van der Waals surface area contributed by atoms with Crippen LogP contribution in [0.2, 0.25) is 0 Å². The molecule has 1 heterocycles. The molecule has 1 aliphatic rings. The van der Waals surface area contributed by atoms with E-state index in [-0.39, 0.29) is 0 Å². The second-order valence-electron chi connectivity index (χ2n) is 7.32. The third-order valence-corrected chi connectivity index (χ3v) is 5.12. The summed E-state index contributed by atoms with van der Waals surface area (Å²) in [6.45, 7) is 3.19. The van der Waals surface area contributed by atoms with E-state index < -0.39 is 12.2 Å². The number of hydrogen-bond donors (Lipinski definition) is 2. The third kappa shape index (κ3) is 11.1. The van der Waals surface area contributed by atoms with Crippen LogP contribution in [0.4, 0.5) is 0 Å². The average molecular weight is 329 g/mol. The van der Waals surface area contributed by atoms with Crippen LogP contribution >= 0.6 is 0 Å². The van der Waals surface area contributed by atoms with Crippen LogP contribution in [0.25, 0.3) is 0 Å². The van der Waals surface area contributed by atoms with Gasteiger partial charge in [-0.1, -0.05) is 77.6 Å². The summed E-state index contributed by atoms with van der Waals surface area (Å²) in [6.07, 6.45) is 16.9. The van der Waals surface area contributed by atoms with Gasteiger partial charge in [-0.3, -0.25) is 0 Å². The molecule has 1 aliphatic heterocycles. The molecule has 0 aliphatic carbocycles. The SMILES string of the molecule is CCCCCCCCC(O)C(O)CCCCCCCC1CCO1. The minimum atomic E-state index is -0.519. The van der Waals surface area contributed by atoms with Crippen molar-refractivity contribution in [1.82, 2.24) is 0 Å². The highest BCUT2D eigenvalue weighted by Crippen LogP contribution is 2.19. The molecule has 3 unspecified atom stereocenters. The van der Waals surface area contributed by atoms with E-state index in [4.69, 9.17) is 4.74 Å². The molecule has 2 N–H and O–H groups in total. The van der Waals surface area contributed by atoms with E-state index in [0.717, 1.165) is 32.3 Å². The molecule has 23 heavy (non-hydrogen) atoms. The Morgan fingerprint density at radius 1 is 0.783 bits per heavy atom. The Morgan fingerprint density at radius 2 is 1.26 bits per heavy atom. The first-order chi connectivity index (χ1) is 11.2. The molecule has 0 aromatic heterocycles. The molecular formula is C20H40O3. The van der Waals surface area contributed by atoms with Crippen molar-refractivity contribution in [3.05, 3.63) is 0 Å². The minimum Gasteiger partial charge on any atom is -0.390 e. The fourth-order valence-electron chi connectivity index (χ4n) is 3.29. The molecule has 0 radical (unpaired) electrons. The molecule has 3 atom stereocenters. The predicted molar refractivity (Wildman–Crippen MR) is 96.7 cm³/mol. The number of hydrogen-bond acceptors (Lipinski definition) is 3. The summed E-state index contributed by atoms with van der Waals surface area (Å²) < 4.78 is 5.41. The smallest absolute Gasteiger partial charge is 0.0799 e. The van der Waals surface area contributed by atoms with Gasteiger partial charge < -0.3 is 14.9 Å². The lowest BCUT2D eigenvalue weighted by molar-refractivity contribution is -0.0556. The lowest BCUT2D eigenvalue weighted by atomic mass is 9.99. The van der Waals surface area contributed by atoms with Crippen molar-refractivity contribution in [3.8, 4) is 0 Å². The van der Waals surface area contributed by atoms with E-state index in [1.54, 1.807) is 0 Å². The van der Waals surface area contributed by atoms with Gasteiger partial charge in [-0.25, -0.2) is 0 Å². The first-order valence-electron chi connectivity index (χ1n) is 10.2. The second kappa shape index (κ2) is 14.2. The summed E-state index contributed by atoms with van der Waals surface area (Å²) in [7, 11) is 0. The van der Waals surface area contributed by atoms with Crippen molar-refractivity contribution >= 4 is 0 Å². The monoisotopic (exact) mass is 328 g/mol. The Kier molecular flexibility index (Phi) is 13.0. The Morgan fingerprint density at radius 3 is 1.74 bits per heavy atom. The van der Waals surface area contributed by atoms with Crippen molar-refractivity contribution in [2.75, 3.05) is 6.61 Å². The minimum absolute atomic E-state index is 0.517. The first kappa shape index (κ1) is 20.9. The standard InChI is InChI=1S/C20H40O3/c1-2-3-4-5-8-11-14-19(21)20(22)15-12-9-6-7-10-13-18-16-17-23-18/h18-22H,2-17H2,1H3. The summed E-state index contributed by atoms with van der Waals surface area (Å²) >= 11 is 0. The summed E-state index contributed by atoms with van der Waals surface area (Å²) in [4.78, 5) is 0. The molecule has 0 aromatic rings. The molecular weight excluding hydrogens is 288 g/mol. The van der Waals surface area contributed by atoms with Gasteiger partial charge in [0.05, 0.1) is 18.3 Å². The molecule has 0 amide bonds. The first-order valence-corrected chi connectivity index (χ1v) is 10.2. The average Bonchev–Trinajstić information content (AvgIpc) is 2.51. The van der Waals surface area contributed by atoms with Gasteiger partial charge in [0.2, 0.25) is 0 Å². The van der Waals surface area contributed by atoms with E-state index >= 15 is 0 Å². The summed E-state index contributed by atoms with van der Waals surface area (Å²) in [5, 5.41) is 20.0. The number of ether oxygens (including phenoxy) is 1. The van der Waals surface area contributed by atoms with Crippen molar-refractivity contribution < 1.29 is 14.9 Å². The van der Waals surface area contributed by atoms with Crippen LogP contribution in [-0.4, -0.2) is 35.1 Å². The van der Waals surface area contributed by atoms with Gasteiger partial charge >= 0.3 is 0 Å². The molecule has 0 bridgehead atoms. The molecule has 0 saturated carbocycles. The lowest BCUT2D eigenvalue weighted by Gasteiger charge is -2.26. The normalized spacial score (nSPS) is 20.2. The molecule has 3 heteroatoms.